The molecular formula is C29H27F2N3O. The molecule has 4 rings (SSSR count). The predicted octanol–water partition coefficient (Wildman–Crippen LogP) is 7.19. The lowest BCUT2D eigenvalue weighted by molar-refractivity contribution is 0.303. The number of fused-ring (bicyclic) bond motifs is 1. The summed E-state index contributed by atoms with van der Waals surface area (Å²) in [5, 5.41) is 10.1. The van der Waals surface area contributed by atoms with E-state index in [0.29, 0.717) is 42.0 Å². The molecule has 0 aliphatic rings. The Hall–Kier alpha value is -3.85. The summed E-state index contributed by atoms with van der Waals surface area (Å²) in [4.78, 5) is 8.83. The Kier molecular flexibility index (Phi) is 7.99. The van der Waals surface area contributed by atoms with E-state index >= 15 is 4.39 Å². The van der Waals surface area contributed by atoms with Crippen LogP contribution in [-0.4, -0.2) is 16.6 Å². The van der Waals surface area contributed by atoms with Gasteiger partial charge in [-0.25, -0.2) is 18.7 Å². The molecule has 4 aromatic rings. The number of ether oxygens (including phenoxy) is 1. The molecular weight excluding hydrogens is 444 g/mol. The molecule has 0 aliphatic heterocycles. The largest absolute Gasteiger partial charge is 0.490 e. The second-order valence-electron chi connectivity index (χ2n) is 8.55. The van der Waals surface area contributed by atoms with E-state index in [1.54, 1.807) is 30.6 Å². The number of rotatable bonds is 10. The minimum absolute atomic E-state index is 0.00925. The van der Waals surface area contributed by atoms with Gasteiger partial charge >= 0.3 is 0 Å². The summed E-state index contributed by atoms with van der Waals surface area (Å²) < 4.78 is 34.7. The summed E-state index contributed by atoms with van der Waals surface area (Å²) in [6.45, 7) is 2.83. The van der Waals surface area contributed by atoms with Crippen molar-refractivity contribution in [2.24, 2.45) is 0 Å². The number of halogens is 2. The molecule has 0 N–H and O–H groups in total. The van der Waals surface area contributed by atoms with Gasteiger partial charge in [0.1, 0.15) is 17.7 Å². The third-order valence-corrected chi connectivity index (χ3v) is 6.02. The summed E-state index contributed by atoms with van der Waals surface area (Å²) in [5.41, 5.74) is 2.09. The van der Waals surface area contributed by atoms with Crippen molar-refractivity contribution in [3.8, 4) is 23.2 Å². The maximum Gasteiger partial charge on any atom is 0.159 e. The second kappa shape index (κ2) is 11.5. The number of aromatic nitrogens is 2. The van der Waals surface area contributed by atoms with Gasteiger partial charge in [-0.15, -0.1) is 0 Å². The average Bonchev–Trinajstić information content (AvgIpc) is 2.88. The summed E-state index contributed by atoms with van der Waals surface area (Å²) in [6.07, 6.45) is 8.80. The minimum atomic E-state index is -0.551. The standard InChI is InChI=1S/C29H27F2N3O/c1-2-3-4-5-14-35-25-18-33-29(34-19-25)23-12-13-26-22(16-23)11-10-21(28(26)31)8-6-20-7-9-24(17-32)27(30)15-20/h7,9-13,15-16,18-19H,2-6,8,14H2,1H3. The molecule has 0 saturated heterocycles. The molecule has 0 radical (unpaired) electrons. The van der Waals surface area contributed by atoms with E-state index < -0.39 is 5.82 Å². The lowest BCUT2D eigenvalue weighted by Gasteiger charge is -2.09. The van der Waals surface area contributed by atoms with Crippen molar-refractivity contribution in [1.29, 1.82) is 5.26 Å². The molecule has 4 nitrogen and oxygen atoms in total. The van der Waals surface area contributed by atoms with Gasteiger partial charge in [-0.3, -0.25) is 0 Å². The molecule has 0 saturated carbocycles. The Balaban J connectivity index is 1.44. The number of aryl methyl sites for hydroxylation is 2. The predicted molar refractivity (Wildman–Crippen MR) is 133 cm³/mol. The smallest absolute Gasteiger partial charge is 0.159 e. The van der Waals surface area contributed by atoms with Crippen LogP contribution >= 0.6 is 0 Å². The average molecular weight is 472 g/mol. The summed E-state index contributed by atoms with van der Waals surface area (Å²) in [7, 11) is 0. The maximum absolute atomic E-state index is 15.2. The van der Waals surface area contributed by atoms with Crippen molar-refractivity contribution < 1.29 is 13.5 Å². The Morgan fingerprint density at radius 1 is 0.914 bits per heavy atom. The highest BCUT2D eigenvalue weighted by molar-refractivity contribution is 5.87. The lowest BCUT2D eigenvalue weighted by Crippen LogP contribution is -1.99. The van der Waals surface area contributed by atoms with Crippen LogP contribution in [0.5, 0.6) is 5.75 Å². The van der Waals surface area contributed by atoms with Crippen LogP contribution in [0.1, 0.15) is 49.3 Å². The van der Waals surface area contributed by atoms with Crippen LogP contribution in [0.15, 0.2) is 60.9 Å². The zero-order valence-electron chi connectivity index (χ0n) is 19.7. The van der Waals surface area contributed by atoms with Gasteiger partial charge in [-0.1, -0.05) is 56.5 Å². The molecule has 3 aromatic carbocycles. The van der Waals surface area contributed by atoms with Crippen molar-refractivity contribution >= 4 is 10.8 Å². The van der Waals surface area contributed by atoms with Crippen LogP contribution in [0, 0.1) is 23.0 Å². The fraction of sp³-hybridized carbons (Fsp3) is 0.276. The first-order valence-corrected chi connectivity index (χ1v) is 11.9. The Bertz CT molecular complexity index is 1350. The highest BCUT2D eigenvalue weighted by Crippen LogP contribution is 2.27. The summed E-state index contributed by atoms with van der Waals surface area (Å²) in [6, 6.07) is 15.4. The summed E-state index contributed by atoms with van der Waals surface area (Å²) >= 11 is 0. The molecule has 35 heavy (non-hydrogen) atoms. The molecule has 0 bridgehead atoms. The van der Waals surface area contributed by atoms with E-state index in [1.807, 2.05) is 24.3 Å². The molecule has 6 heteroatoms. The monoisotopic (exact) mass is 471 g/mol. The molecule has 0 spiro atoms. The fourth-order valence-electron chi connectivity index (χ4n) is 4.01. The highest BCUT2D eigenvalue weighted by atomic mass is 19.1. The third-order valence-electron chi connectivity index (χ3n) is 6.02. The Morgan fingerprint density at radius 2 is 1.74 bits per heavy atom. The molecule has 1 aromatic heterocycles. The van der Waals surface area contributed by atoms with Gasteiger partial charge in [-0.05, 0) is 54.0 Å². The number of hydrogen-bond donors (Lipinski definition) is 0. The molecule has 0 atom stereocenters. The van der Waals surface area contributed by atoms with Gasteiger partial charge in [0.15, 0.2) is 11.6 Å². The van der Waals surface area contributed by atoms with Gasteiger partial charge in [0.2, 0.25) is 0 Å². The van der Waals surface area contributed by atoms with Gasteiger partial charge in [-0.2, -0.15) is 5.26 Å². The van der Waals surface area contributed by atoms with Crippen LogP contribution in [0.4, 0.5) is 8.78 Å². The number of nitriles is 1. The third kappa shape index (κ3) is 5.99. The van der Waals surface area contributed by atoms with Gasteiger partial charge in [0, 0.05) is 10.9 Å². The van der Waals surface area contributed by atoms with Gasteiger partial charge < -0.3 is 4.74 Å². The molecule has 0 unspecified atom stereocenters. The molecule has 0 amide bonds. The molecule has 0 fully saturated rings. The van der Waals surface area contributed by atoms with Crippen LogP contribution < -0.4 is 4.74 Å². The van der Waals surface area contributed by atoms with E-state index in [0.717, 1.165) is 29.4 Å². The molecule has 1 heterocycles. The van der Waals surface area contributed by atoms with E-state index in [-0.39, 0.29) is 11.4 Å². The Morgan fingerprint density at radius 3 is 2.49 bits per heavy atom. The first kappa shape index (κ1) is 24.3. The van der Waals surface area contributed by atoms with Crippen LogP contribution in [0.25, 0.3) is 22.2 Å². The van der Waals surface area contributed by atoms with Gasteiger partial charge in [0.05, 0.1) is 24.6 Å². The van der Waals surface area contributed by atoms with E-state index in [1.165, 1.54) is 25.0 Å². The van der Waals surface area contributed by atoms with E-state index in [9.17, 15) is 4.39 Å². The van der Waals surface area contributed by atoms with Crippen LogP contribution in [-0.2, 0) is 12.8 Å². The Labute approximate surface area is 204 Å². The molecule has 178 valence electrons. The highest BCUT2D eigenvalue weighted by Gasteiger charge is 2.11. The normalized spacial score (nSPS) is 10.9. The fourth-order valence-corrected chi connectivity index (χ4v) is 4.01. The first-order valence-electron chi connectivity index (χ1n) is 11.9. The van der Waals surface area contributed by atoms with Gasteiger partial charge in [0.25, 0.3) is 0 Å². The topological polar surface area (TPSA) is 58.8 Å². The lowest BCUT2D eigenvalue weighted by atomic mass is 9.98. The van der Waals surface area contributed by atoms with Crippen molar-refractivity contribution in [3.63, 3.8) is 0 Å². The zero-order chi connectivity index (χ0) is 24.6. The first-order chi connectivity index (χ1) is 17.1. The second-order valence-corrected chi connectivity index (χ2v) is 8.55. The van der Waals surface area contributed by atoms with Crippen molar-refractivity contribution in [3.05, 3.63) is 89.2 Å². The number of unbranched alkanes of at least 4 members (excludes halogenated alkanes) is 3. The molecule has 0 aliphatic carbocycles. The quantitative estimate of drug-likeness (QED) is 0.230. The number of nitrogens with zero attached hydrogens (tertiary/aromatic N) is 3. The van der Waals surface area contributed by atoms with E-state index in [2.05, 4.69) is 16.9 Å². The van der Waals surface area contributed by atoms with E-state index in [4.69, 9.17) is 10.00 Å². The zero-order valence-corrected chi connectivity index (χ0v) is 19.7. The maximum atomic E-state index is 15.2. The van der Waals surface area contributed by atoms with Crippen LogP contribution in [0.3, 0.4) is 0 Å². The van der Waals surface area contributed by atoms with Crippen molar-refractivity contribution in [2.45, 2.75) is 45.4 Å². The van der Waals surface area contributed by atoms with Crippen molar-refractivity contribution in [1.82, 2.24) is 9.97 Å². The summed E-state index contributed by atoms with van der Waals surface area (Å²) in [5.74, 6) is 0.364. The number of hydrogen-bond acceptors (Lipinski definition) is 4. The minimum Gasteiger partial charge on any atom is -0.490 e. The SMILES string of the molecule is CCCCCCOc1cnc(-c2ccc3c(F)c(CCc4ccc(C#N)c(F)c4)ccc3c2)nc1. The number of benzene rings is 3. The van der Waals surface area contributed by atoms with Crippen molar-refractivity contribution in [2.75, 3.05) is 6.61 Å². The van der Waals surface area contributed by atoms with Crippen LogP contribution in [0.2, 0.25) is 0 Å².